The standard InChI is InChI=1S/C11H16N4O2/c1-7-3-4-8(12)5-10(7)15(14)6-9(13)11(16)17-2/h3-6H,12-14H2,1-2H3/b9-6-. The fourth-order valence-electron chi connectivity index (χ4n) is 1.29. The van der Waals surface area contributed by atoms with Crippen molar-refractivity contribution < 1.29 is 9.53 Å². The van der Waals surface area contributed by atoms with Crippen molar-refractivity contribution in [2.75, 3.05) is 17.9 Å². The van der Waals surface area contributed by atoms with E-state index < -0.39 is 5.97 Å². The summed E-state index contributed by atoms with van der Waals surface area (Å²) in [7, 11) is 1.25. The number of hydrogen-bond donors (Lipinski definition) is 3. The van der Waals surface area contributed by atoms with E-state index in [0.29, 0.717) is 11.4 Å². The summed E-state index contributed by atoms with van der Waals surface area (Å²) >= 11 is 0. The minimum atomic E-state index is -0.637. The maximum absolute atomic E-state index is 11.1. The quantitative estimate of drug-likeness (QED) is 0.228. The molecule has 6 N–H and O–H groups in total. The predicted octanol–water partition coefficient (Wildman–Crippen LogP) is 0.230. The number of nitrogen functional groups attached to an aromatic ring is 1. The summed E-state index contributed by atoms with van der Waals surface area (Å²) in [4.78, 5) is 11.1. The highest BCUT2D eigenvalue weighted by Crippen LogP contribution is 2.21. The van der Waals surface area contributed by atoms with Crippen LogP contribution in [0.15, 0.2) is 30.1 Å². The summed E-state index contributed by atoms with van der Waals surface area (Å²) in [6, 6.07) is 5.28. The first-order valence-corrected chi connectivity index (χ1v) is 4.91. The van der Waals surface area contributed by atoms with Crippen LogP contribution in [0.2, 0.25) is 0 Å². The molecule has 0 amide bonds. The lowest BCUT2D eigenvalue weighted by Gasteiger charge is -2.17. The van der Waals surface area contributed by atoms with E-state index in [4.69, 9.17) is 17.3 Å². The van der Waals surface area contributed by atoms with Gasteiger partial charge in [0.25, 0.3) is 0 Å². The van der Waals surface area contributed by atoms with Crippen molar-refractivity contribution in [3.63, 3.8) is 0 Å². The molecule has 0 spiro atoms. The van der Waals surface area contributed by atoms with Crippen LogP contribution in [-0.2, 0) is 9.53 Å². The predicted molar refractivity (Wildman–Crippen MR) is 66.5 cm³/mol. The van der Waals surface area contributed by atoms with E-state index in [1.807, 2.05) is 13.0 Å². The van der Waals surface area contributed by atoms with Crippen LogP contribution in [-0.4, -0.2) is 13.1 Å². The largest absolute Gasteiger partial charge is 0.464 e. The maximum atomic E-state index is 11.1. The molecule has 0 fully saturated rings. The van der Waals surface area contributed by atoms with Gasteiger partial charge in [0.05, 0.1) is 19.0 Å². The van der Waals surface area contributed by atoms with Gasteiger partial charge in [-0.05, 0) is 24.6 Å². The van der Waals surface area contributed by atoms with Crippen LogP contribution in [0.25, 0.3) is 0 Å². The van der Waals surface area contributed by atoms with Gasteiger partial charge in [-0.15, -0.1) is 0 Å². The highest BCUT2D eigenvalue weighted by molar-refractivity contribution is 5.87. The van der Waals surface area contributed by atoms with Crippen LogP contribution in [0, 0.1) is 6.92 Å². The number of rotatable bonds is 3. The topological polar surface area (TPSA) is 108 Å². The van der Waals surface area contributed by atoms with Crippen molar-refractivity contribution in [1.29, 1.82) is 0 Å². The number of carbonyl (C=O) groups is 1. The Balaban J connectivity index is 3.00. The number of ether oxygens (including phenoxy) is 1. The third-order valence-electron chi connectivity index (χ3n) is 2.21. The molecule has 92 valence electrons. The number of hydrazine groups is 1. The van der Waals surface area contributed by atoms with Crippen LogP contribution >= 0.6 is 0 Å². The van der Waals surface area contributed by atoms with Crippen molar-refractivity contribution >= 4 is 17.3 Å². The highest BCUT2D eigenvalue weighted by Gasteiger charge is 2.08. The van der Waals surface area contributed by atoms with Crippen LogP contribution < -0.4 is 22.3 Å². The molecule has 0 aliphatic heterocycles. The van der Waals surface area contributed by atoms with E-state index in [0.717, 1.165) is 5.56 Å². The molecule has 17 heavy (non-hydrogen) atoms. The summed E-state index contributed by atoms with van der Waals surface area (Å²) in [6.45, 7) is 1.87. The fraction of sp³-hybridized carbons (Fsp3) is 0.182. The Morgan fingerprint density at radius 2 is 2.12 bits per heavy atom. The van der Waals surface area contributed by atoms with Gasteiger partial charge in [0.1, 0.15) is 5.70 Å². The van der Waals surface area contributed by atoms with Crippen LogP contribution in [0.5, 0.6) is 0 Å². The molecule has 0 heterocycles. The number of nitrogens with two attached hydrogens (primary N) is 3. The zero-order chi connectivity index (χ0) is 13.0. The highest BCUT2D eigenvalue weighted by atomic mass is 16.5. The average Bonchev–Trinajstić information content (AvgIpc) is 2.30. The van der Waals surface area contributed by atoms with Crippen molar-refractivity contribution in [2.24, 2.45) is 11.6 Å². The Labute approximate surface area is 99.6 Å². The van der Waals surface area contributed by atoms with Gasteiger partial charge in [-0.2, -0.15) is 0 Å². The number of anilines is 2. The van der Waals surface area contributed by atoms with Gasteiger partial charge in [-0.3, -0.25) is 5.01 Å². The Bertz CT molecular complexity index is 457. The van der Waals surface area contributed by atoms with Gasteiger partial charge < -0.3 is 16.2 Å². The SMILES string of the molecule is COC(=O)/C(N)=C/N(N)c1cc(N)ccc1C. The van der Waals surface area contributed by atoms with Gasteiger partial charge in [-0.1, -0.05) is 6.07 Å². The van der Waals surface area contributed by atoms with Crippen molar-refractivity contribution in [1.82, 2.24) is 0 Å². The summed E-state index contributed by atoms with van der Waals surface area (Å²) in [6.07, 6.45) is 1.29. The van der Waals surface area contributed by atoms with Crippen LogP contribution in [0.3, 0.4) is 0 Å². The molecule has 0 aliphatic rings. The van der Waals surface area contributed by atoms with E-state index in [1.165, 1.54) is 18.3 Å². The summed E-state index contributed by atoms with van der Waals surface area (Å²) < 4.78 is 4.46. The molecule has 0 saturated carbocycles. The molecule has 0 aliphatic carbocycles. The van der Waals surface area contributed by atoms with Crippen molar-refractivity contribution in [2.45, 2.75) is 6.92 Å². The first kappa shape index (κ1) is 12.9. The normalized spacial score (nSPS) is 11.1. The molecule has 0 radical (unpaired) electrons. The van der Waals surface area contributed by atoms with Gasteiger partial charge in [0, 0.05) is 5.69 Å². The minimum Gasteiger partial charge on any atom is -0.464 e. The molecular weight excluding hydrogens is 220 g/mol. The van der Waals surface area contributed by atoms with Gasteiger partial charge in [0.15, 0.2) is 0 Å². The maximum Gasteiger partial charge on any atom is 0.355 e. The lowest BCUT2D eigenvalue weighted by molar-refractivity contribution is -0.136. The second kappa shape index (κ2) is 5.22. The second-order valence-electron chi connectivity index (χ2n) is 3.53. The summed E-state index contributed by atoms with van der Waals surface area (Å²) in [5, 5.41) is 1.23. The van der Waals surface area contributed by atoms with E-state index >= 15 is 0 Å². The first-order valence-electron chi connectivity index (χ1n) is 4.91. The fourth-order valence-corrected chi connectivity index (χ4v) is 1.29. The second-order valence-corrected chi connectivity index (χ2v) is 3.53. The van der Waals surface area contributed by atoms with E-state index in [2.05, 4.69) is 4.74 Å². The van der Waals surface area contributed by atoms with Gasteiger partial charge in [0.2, 0.25) is 0 Å². The first-order chi connectivity index (χ1) is 7.95. The third kappa shape index (κ3) is 3.12. The smallest absolute Gasteiger partial charge is 0.355 e. The summed E-state index contributed by atoms with van der Waals surface area (Å²) in [5.74, 6) is 5.13. The lowest BCUT2D eigenvalue weighted by atomic mass is 10.2. The summed E-state index contributed by atoms with van der Waals surface area (Å²) in [5.41, 5.74) is 13.2. The number of hydrogen-bond acceptors (Lipinski definition) is 6. The van der Waals surface area contributed by atoms with E-state index in [1.54, 1.807) is 12.1 Å². The molecule has 1 aromatic rings. The van der Waals surface area contributed by atoms with Crippen molar-refractivity contribution in [3.8, 4) is 0 Å². The molecule has 0 aromatic heterocycles. The Kier molecular flexibility index (Phi) is 3.95. The zero-order valence-electron chi connectivity index (χ0n) is 9.81. The number of benzene rings is 1. The molecule has 0 unspecified atom stereocenters. The number of carbonyl (C=O) groups excluding carboxylic acids is 1. The van der Waals surface area contributed by atoms with Gasteiger partial charge >= 0.3 is 5.97 Å². The van der Waals surface area contributed by atoms with Gasteiger partial charge in [-0.25, -0.2) is 10.6 Å². The molecule has 6 heteroatoms. The molecule has 1 rings (SSSR count). The van der Waals surface area contributed by atoms with E-state index in [-0.39, 0.29) is 5.70 Å². The third-order valence-corrected chi connectivity index (χ3v) is 2.21. The number of methoxy groups -OCH3 is 1. The Morgan fingerprint density at radius 1 is 1.47 bits per heavy atom. The zero-order valence-corrected chi connectivity index (χ0v) is 9.81. The molecule has 0 saturated heterocycles. The average molecular weight is 236 g/mol. The lowest BCUT2D eigenvalue weighted by Crippen LogP contribution is -2.28. The number of nitrogens with zero attached hydrogens (tertiary/aromatic N) is 1. The number of esters is 1. The van der Waals surface area contributed by atoms with Crippen molar-refractivity contribution in [3.05, 3.63) is 35.7 Å². The molecular formula is C11H16N4O2. The van der Waals surface area contributed by atoms with Crippen LogP contribution in [0.4, 0.5) is 11.4 Å². The Morgan fingerprint density at radius 3 is 2.71 bits per heavy atom. The Hall–Kier alpha value is -2.21. The van der Waals surface area contributed by atoms with E-state index in [9.17, 15) is 4.79 Å². The molecule has 0 bridgehead atoms. The monoisotopic (exact) mass is 236 g/mol. The molecule has 6 nitrogen and oxygen atoms in total. The minimum absolute atomic E-state index is 0.0863. The molecule has 0 atom stereocenters. The molecule has 1 aromatic carbocycles. The van der Waals surface area contributed by atoms with Crippen LogP contribution in [0.1, 0.15) is 5.56 Å². The number of aryl methyl sites for hydroxylation is 1.